The Kier molecular flexibility index (Phi) is 5.03. The predicted octanol–water partition coefficient (Wildman–Crippen LogP) is 4.91. The Morgan fingerprint density at radius 2 is 1.45 bits per heavy atom. The van der Waals surface area contributed by atoms with E-state index in [0.717, 1.165) is 5.56 Å². The van der Waals surface area contributed by atoms with Crippen LogP contribution in [0.3, 0.4) is 0 Å². The summed E-state index contributed by atoms with van der Waals surface area (Å²) in [6.07, 6.45) is 0. The fraction of sp³-hybridized carbons (Fsp3) is 0.0417. The number of benzene rings is 3. The van der Waals surface area contributed by atoms with Gasteiger partial charge in [0.1, 0.15) is 11.3 Å². The van der Waals surface area contributed by atoms with Gasteiger partial charge in [0, 0.05) is 10.9 Å². The van der Waals surface area contributed by atoms with Crippen molar-refractivity contribution in [2.24, 2.45) is 0 Å². The zero-order valence-corrected chi connectivity index (χ0v) is 15.7. The lowest BCUT2D eigenvalue weighted by Crippen LogP contribution is -2.13. The summed E-state index contributed by atoms with van der Waals surface area (Å²) in [5.41, 5.74) is 2.79. The Hall–Kier alpha value is -3.99. The first-order valence-electron chi connectivity index (χ1n) is 9.02. The molecule has 5 nitrogen and oxygen atoms in total. The Balaban J connectivity index is 1.80. The molecule has 0 bridgehead atoms. The fourth-order valence-electron chi connectivity index (χ4n) is 3.09. The number of pyridine rings is 1. The summed E-state index contributed by atoms with van der Waals surface area (Å²) >= 11 is 0. The smallest absolute Gasteiger partial charge is 0.344 e. The highest BCUT2D eigenvalue weighted by Gasteiger charge is 2.19. The normalized spacial score (nSPS) is 10.5. The van der Waals surface area contributed by atoms with E-state index < -0.39 is 11.9 Å². The summed E-state index contributed by atoms with van der Waals surface area (Å²) in [5.74, 6) is -0.999. The average Bonchev–Trinajstić information content (AvgIpc) is 2.78. The van der Waals surface area contributed by atoms with Gasteiger partial charge >= 0.3 is 11.9 Å². The lowest BCUT2D eigenvalue weighted by molar-refractivity contribution is 0.0593. The number of aromatic nitrogens is 1. The summed E-state index contributed by atoms with van der Waals surface area (Å²) in [4.78, 5) is 29.7. The largest absolute Gasteiger partial charge is 0.465 e. The maximum atomic E-state index is 13.1. The standard InChI is InChI=1S/C24H17NO4/c1-28-23(26)18-12-6-8-14-22(18)29-24(27)19-15-21(16-9-3-2-4-10-16)25-20-13-7-5-11-17(19)20/h2-15H,1H3. The maximum Gasteiger partial charge on any atom is 0.344 e. The number of rotatable bonds is 4. The molecule has 0 radical (unpaired) electrons. The van der Waals surface area contributed by atoms with Crippen LogP contribution in [0.2, 0.25) is 0 Å². The van der Waals surface area contributed by atoms with E-state index in [9.17, 15) is 9.59 Å². The molecule has 0 aliphatic heterocycles. The van der Waals surface area contributed by atoms with Gasteiger partial charge in [0.15, 0.2) is 0 Å². The van der Waals surface area contributed by atoms with E-state index in [1.165, 1.54) is 7.11 Å². The van der Waals surface area contributed by atoms with Crippen molar-refractivity contribution < 1.29 is 19.1 Å². The van der Waals surface area contributed by atoms with E-state index in [2.05, 4.69) is 4.98 Å². The highest BCUT2D eigenvalue weighted by atomic mass is 16.5. The van der Waals surface area contributed by atoms with Crippen molar-refractivity contribution in [1.29, 1.82) is 0 Å². The molecule has 4 rings (SSSR count). The van der Waals surface area contributed by atoms with Crippen LogP contribution in [0.25, 0.3) is 22.2 Å². The van der Waals surface area contributed by atoms with Crippen molar-refractivity contribution in [2.45, 2.75) is 0 Å². The molecule has 5 heteroatoms. The highest BCUT2D eigenvalue weighted by molar-refractivity contribution is 6.06. The minimum absolute atomic E-state index is 0.145. The highest BCUT2D eigenvalue weighted by Crippen LogP contribution is 2.27. The Morgan fingerprint density at radius 1 is 0.759 bits per heavy atom. The lowest BCUT2D eigenvalue weighted by atomic mass is 10.0. The number of hydrogen-bond acceptors (Lipinski definition) is 5. The summed E-state index contributed by atoms with van der Waals surface area (Å²) in [6.45, 7) is 0. The van der Waals surface area contributed by atoms with Crippen molar-refractivity contribution >= 4 is 22.8 Å². The number of nitrogens with zero attached hydrogens (tertiary/aromatic N) is 1. The van der Waals surface area contributed by atoms with E-state index in [1.54, 1.807) is 30.3 Å². The number of carbonyl (C=O) groups excluding carboxylic acids is 2. The number of carbonyl (C=O) groups is 2. The molecule has 0 amide bonds. The summed E-state index contributed by atoms with van der Waals surface area (Å²) < 4.78 is 10.4. The van der Waals surface area contributed by atoms with Crippen molar-refractivity contribution in [3.8, 4) is 17.0 Å². The van der Waals surface area contributed by atoms with Gasteiger partial charge in [0.2, 0.25) is 0 Å². The molecule has 0 N–H and O–H groups in total. The molecule has 0 saturated carbocycles. The monoisotopic (exact) mass is 383 g/mol. The van der Waals surface area contributed by atoms with E-state index in [0.29, 0.717) is 22.2 Å². The molecule has 3 aromatic carbocycles. The van der Waals surface area contributed by atoms with E-state index in [4.69, 9.17) is 9.47 Å². The third kappa shape index (κ3) is 3.71. The van der Waals surface area contributed by atoms with Gasteiger partial charge in [-0.3, -0.25) is 0 Å². The van der Waals surface area contributed by atoms with Gasteiger partial charge in [-0.15, -0.1) is 0 Å². The molecule has 0 atom stereocenters. The summed E-state index contributed by atoms with van der Waals surface area (Å²) in [6, 6.07) is 25.2. The second-order valence-electron chi connectivity index (χ2n) is 6.32. The molecule has 29 heavy (non-hydrogen) atoms. The van der Waals surface area contributed by atoms with Crippen LogP contribution in [0.5, 0.6) is 5.75 Å². The summed E-state index contributed by atoms with van der Waals surface area (Å²) in [7, 11) is 1.28. The number of ether oxygens (including phenoxy) is 2. The maximum absolute atomic E-state index is 13.1. The lowest BCUT2D eigenvalue weighted by Gasteiger charge is -2.11. The van der Waals surface area contributed by atoms with E-state index >= 15 is 0 Å². The van der Waals surface area contributed by atoms with Crippen LogP contribution in [0.15, 0.2) is 84.9 Å². The van der Waals surface area contributed by atoms with Crippen LogP contribution < -0.4 is 4.74 Å². The molecule has 1 heterocycles. The van der Waals surface area contributed by atoms with Gasteiger partial charge in [0.05, 0.1) is 23.9 Å². The molecule has 1 aromatic heterocycles. The number of hydrogen-bond donors (Lipinski definition) is 0. The Morgan fingerprint density at radius 3 is 2.24 bits per heavy atom. The zero-order chi connectivity index (χ0) is 20.2. The molecule has 0 fully saturated rings. The van der Waals surface area contributed by atoms with E-state index in [-0.39, 0.29) is 11.3 Å². The average molecular weight is 383 g/mol. The van der Waals surface area contributed by atoms with Crippen LogP contribution in [0, 0.1) is 0 Å². The third-order valence-electron chi connectivity index (χ3n) is 4.50. The quantitative estimate of drug-likeness (QED) is 0.370. The summed E-state index contributed by atoms with van der Waals surface area (Å²) in [5, 5.41) is 0.674. The van der Waals surface area contributed by atoms with Crippen LogP contribution in [-0.2, 0) is 4.74 Å². The SMILES string of the molecule is COC(=O)c1ccccc1OC(=O)c1cc(-c2ccccc2)nc2ccccc12. The number of esters is 2. The van der Waals surface area contributed by atoms with Gasteiger partial charge in [-0.1, -0.05) is 60.7 Å². The molecule has 0 aliphatic carbocycles. The second kappa shape index (κ2) is 7.94. The molecule has 4 aromatic rings. The molecular weight excluding hydrogens is 366 g/mol. The van der Waals surface area contributed by atoms with Gasteiger partial charge in [-0.05, 0) is 24.3 Å². The number of fused-ring (bicyclic) bond motifs is 1. The minimum atomic E-state index is -0.572. The Labute approximate surface area is 167 Å². The zero-order valence-electron chi connectivity index (χ0n) is 15.7. The van der Waals surface area contributed by atoms with Gasteiger partial charge < -0.3 is 9.47 Å². The first-order valence-corrected chi connectivity index (χ1v) is 9.02. The minimum Gasteiger partial charge on any atom is -0.465 e. The first-order chi connectivity index (χ1) is 14.2. The molecule has 142 valence electrons. The molecule has 0 saturated heterocycles. The predicted molar refractivity (Wildman–Crippen MR) is 110 cm³/mol. The molecule has 0 unspecified atom stereocenters. The van der Waals surface area contributed by atoms with Gasteiger partial charge in [-0.25, -0.2) is 14.6 Å². The van der Waals surface area contributed by atoms with Gasteiger partial charge in [0.25, 0.3) is 0 Å². The van der Waals surface area contributed by atoms with Crippen LogP contribution in [0.1, 0.15) is 20.7 Å². The molecule has 0 aliphatic rings. The van der Waals surface area contributed by atoms with Crippen molar-refractivity contribution in [3.63, 3.8) is 0 Å². The van der Waals surface area contributed by atoms with Crippen molar-refractivity contribution in [3.05, 3.63) is 96.1 Å². The van der Waals surface area contributed by atoms with Crippen molar-refractivity contribution in [1.82, 2.24) is 4.98 Å². The van der Waals surface area contributed by atoms with Crippen LogP contribution in [-0.4, -0.2) is 24.0 Å². The molecule has 0 spiro atoms. The second-order valence-corrected chi connectivity index (χ2v) is 6.32. The number of para-hydroxylation sites is 2. The number of methoxy groups -OCH3 is 1. The van der Waals surface area contributed by atoms with E-state index in [1.807, 2.05) is 54.6 Å². The Bertz CT molecular complexity index is 1200. The molecular formula is C24H17NO4. The van der Waals surface area contributed by atoms with Gasteiger partial charge in [-0.2, -0.15) is 0 Å². The topological polar surface area (TPSA) is 65.5 Å². The van der Waals surface area contributed by atoms with Crippen LogP contribution in [0.4, 0.5) is 0 Å². The third-order valence-corrected chi connectivity index (χ3v) is 4.50. The van der Waals surface area contributed by atoms with Crippen molar-refractivity contribution in [2.75, 3.05) is 7.11 Å². The van der Waals surface area contributed by atoms with Crippen LogP contribution >= 0.6 is 0 Å². The first kappa shape index (κ1) is 18.4. The fourth-order valence-corrected chi connectivity index (χ4v) is 3.09.